The lowest BCUT2D eigenvalue weighted by Crippen LogP contribution is -2.51. The van der Waals surface area contributed by atoms with E-state index in [0.29, 0.717) is 17.5 Å². The molecular weight excluding hydrogens is 400 g/mol. The zero-order valence-electron chi connectivity index (χ0n) is 16.1. The van der Waals surface area contributed by atoms with Crippen molar-refractivity contribution in [3.63, 3.8) is 0 Å². The molecule has 2 aliphatic rings. The van der Waals surface area contributed by atoms with Gasteiger partial charge in [-0.25, -0.2) is 19.3 Å². The first kappa shape index (κ1) is 17.5. The van der Waals surface area contributed by atoms with E-state index in [-0.39, 0.29) is 12.5 Å². The molecular formula is C21H18N6O2S. The molecule has 0 radical (unpaired) electrons. The van der Waals surface area contributed by atoms with Gasteiger partial charge >= 0.3 is 6.03 Å². The topological polar surface area (TPSA) is 101 Å². The lowest BCUT2D eigenvalue weighted by molar-refractivity contribution is -0.122. The lowest BCUT2D eigenvalue weighted by atomic mass is 9.99. The van der Waals surface area contributed by atoms with Crippen LogP contribution in [0.25, 0.3) is 15.9 Å². The van der Waals surface area contributed by atoms with Gasteiger partial charge in [0.1, 0.15) is 0 Å². The van der Waals surface area contributed by atoms with Crippen LogP contribution in [0, 0.1) is 6.92 Å². The second-order valence-corrected chi connectivity index (χ2v) is 9.12. The Morgan fingerprint density at radius 1 is 1.20 bits per heavy atom. The normalized spacial score (nSPS) is 23.6. The highest BCUT2D eigenvalue weighted by Gasteiger charge is 2.42. The maximum absolute atomic E-state index is 12.3. The number of benzene rings is 1. The number of aromatic nitrogens is 4. The highest BCUT2D eigenvalue weighted by molar-refractivity contribution is 7.18. The van der Waals surface area contributed by atoms with Gasteiger partial charge in [0.15, 0.2) is 5.65 Å². The fourth-order valence-corrected chi connectivity index (χ4v) is 5.18. The highest BCUT2D eigenvalue weighted by atomic mass is 32.1. The number of carbonyl (C=O) groups is 2. The van der Waals surface area contributed by atoms with Crippen molar-refractivity contribution in [2.24, 2.45) is 0 Å². The Morgan fingerprint density at radius 3 is 2.97 bits per heavy atom. The van der Waals surface area contributed by atoms with Gasteiger partial charge in [-0.2, -0.15) is 5.10 Å². The summed E-state index contributed by atoms with van der Waals surface area (Å²) < 4.78 is 2.94. The third-order valence-corrected chi connectivity index (χ3v) is 6.87. The van der Waals surface area contributed by atoms with Gasteiger partial charge in [-0.3, -0.25) is 10.1 Å². The first-order valence-electron chi connectivity index (χ1n) is 9.87. The largest absolute Gasteiger partial charge is 0.337 e. The monoisotopic (exact) mass is 418 g/mol. The Kier molecular flexibility index (Phi) is 3.70. The molecule has 1 saturated carbocycles. The zero-order valence-corrected chi connectivity index (χ0v) is 16.9. The molecule has 1 aromatic carbocycles. The van der Waals surface area contributed by atoms with E-state index in [2.05, 4.69) is 43.9 Å². The van der Waals surface area contributed by atoms with E-state index >= 15 is 0 Å². The number of nitrogens with one attached hydrogen (secondary N) is 2. The fraction of sp³-hybridized carbons (Fsp3) is 0.286. The van der Waals surface area contributed by atoms with Crippen LogP contribution in [0.15, 0.2) is 36.7 Å². The summed E-state index contributed by atoms with van der Waals surface area (Å²) in [5.41, 5.74) is 4.88. The number of amides is 3. The van der Waals surface area contributed by atoms with Crippen molar-refractivity contribution in [2.45, 2.75) is 31.1 Å². The zero-order chi connectivity index (χ0) is 20.4. The van der Waals surface area contributed by atoms with Crippen LogP contribution >= 0.6 is 11.3 Å². The molecule has 150 valence electrons. The van der Waals surface area contributed by atoms with E-state index < -0.39 is 11.9 Å². The summed E-state index contributed by atoms with van der Waals surface area (Å²) in [7, 11) is 0. The molecule has 9 heteroatoms. The molecule has 3 atom stereocenters. The van der Waals surface area contributed by atoms with Crippen LogP contribution in [0.5, 0.6) is 0 Å². The molecule has 2 fully saturated rings. The Bertz CT molecular complexity index is 1340. The lowest BCUT2D eigenvalue weighted by Gasteiger charge is -2.22. The van der Waals surface area contributed by atoms with Gasteiger partial charge in [0.25, 0.3) is 0 Å². The van der Waals surface area contributed by atoms with Crippen molar-refractivity contribution in [3.05, 3.63) is 58.5 Å². The van der Waals surface area contributed by atoms with Crippen molar-refractivity contribution in [1.82, 2.24) is 30.2 Å². The van der Waals surface area contributed by atoms with Gasteiger partial charge in [-0.05, 0) is 48.9 Å². The summed E-state index contributed by atoms with van der Waals surface area (Å²) in [4.78, 5) is 32.9. The summed E-state index contributed by atoms with van der Waals surface area (Å²) in [6.07, 6.45) is 4.54. The Morgan fingerprint density at radius 2 is 2.10 bits per heavy atom. The number of imidazole rings is 1. The minimum absolute atomic E-state index is 0.241. The number of nitrogens with zero attached hydrogens (tertiary/aromatic N) is 4. The van der Waals surface area contributed by atoms with Crippen molar-refractivity contribution < 1.29 is 9.59 Å². The molecule has 0 bridgehead atoms. The molecule has 4 aromatic rings. The molecule has 1 saturated heterocycles. The molecule has 1 aliphatic heterocycles. The van der Waals surface area contributed by atoms with Gasteiger partial charge in [-0.1, -0.05) is 6.07 Å². The molecule has 4 heterocycles. The minimum atomic E-state index is -0.514. The molecule has 1 aliphatic carbocycles. The highest BCUT2D eigenvalue weighted by Crippen LogP contribution is 2.56. The van der Waals surface area contributed by atoms with Crippen LogP contribution in [0.1, 0.15) is 46.0 Å². The summed E-state index contributed by atoms with van der Waals surface area (Å²) in [5.74, 6) is -0.129. The number of thiazole rings is 1. The van der Waals surface area contributed by atoms with Crippen LogP contribution in [-0.2, 0) is 4.79 Å². The summed E-state index contributed by atoms with van der Waals surface area (Å²) >= 11 is 1.71. The predicted octanol–water partition coefficient (Wildman–Crippen LogP) is 2.84. The third-order valence-electron chi connectivity index (χ3n) is 5.92. The summed E-state index contributed by atoms with van der Waals surface area (Å²) in [6, 6.07) is 8.07. The van der Waals surface area contributed by atoms with E-state index in [4.69, 9.17) is 0 Å². The molecule has 6 rings (SSSR count). The van der Waals surface area contributed by atoms with Crippen molar-refractivity contribution in [3.8, 4) is 0 Å². The van der Waals surface area contributed by atoms with E-state index in [1.807, 2.05) is 13.0 Å². The molecule has 8 nitrogen and oxygen atoms in total. The standard InChI is InChI=1S/C21H18N6O2S/c1-10-24-17-6-11(2-3-18(17)30-10)12-7-13(12)14-8-16(26-27-5-4-22-19(14)27)15-9-23-21(29)25-20(15)28/h2-6,8,12-13,15H,7,9H2,1H3,(H2,23,25,28,29)/t12-,13+,15?/m1/s1. The number of hydrogen-bond donors (Lipinski definition) is 2. The van der Waals surface area contributed by atoms with Crippen molar-refractivity contribution in [2.75, 3.05) is 6.54 Å². The Labute approximate surface area is 175 Å². The average molecular weight is 418 g/mol. The van der Waals surface area contributed by atoms with E-state index in [1.54, 1.807) is 28.2 Å². The maximum atomic E-state index is 12.3. The first-order chi connectivity index (χ1) is 14.6. The SMILES string of the molecule is Cc1nc2cc([C@H]3C[C@@H]3c3cc(C4CNC(=O)NC4=O)nn4ccnc34)ccc2s1. The van der Waals surface area contributed by atoms with Crippen LogP contribution in [0.2, 0.25) is 0 Å². The molecule has 2 N–H and O–H groups in total. The summed E-state index contributed by atoms with van der Waals surface area (Å²) in [6.45, 7) is 2.27. The fourth-order valence-electron chi connectivity index (χ4n) is 4.37. The van der Waals surface area contributed by atoms with E-state index in [1.165, 1.54) is 10.3 Å². The quantitative estimate of drug-likeness (QED) is 0.533. The van der Waals surface area contributed by atoms with Gasteiger partial charge < -0.3 is 5.32 Å². The second-order valence-electron chi connectivity index (χ2n) is 7.88. The number of urea groups is 1. The van der Waals surface area contributed by atoms with Crippen molar-refractivity contribution in [1.29, 1.82) is 0 Å². The second kappa shape index (κ2) is 6.33. The minimum Gasteiger partial charge on any atom is -0.337 e. The molecule has 30 heavy (non-hydrogen) atoms. The van der Waals surface area contributed by atoms with Gasteiger partial charge in [0.2, 0.25) is 5.91 Å². The number of carbonyl (C=O) groups excluding carboxylic acids is 2. The molecule has 3 aromatic heterocycles. The molecule has 0 spiro atoms. The molecule has 3 amide bonds. The number of hydrogen-bond acceptors (Lipinski definition) is 6. The number of fused-ring (bicyclic) bond motifs is 2. The third kappa shape index (κ3) is 2.77. The first-order valence-corrected chi connectivity index (χ1v) is 10.7. The summed E-state index contributed by atoms with van der Waals surface area (Å²) in [5, 5.41) is 10.7. The van der Waals surface area contributed by atoms with Crippen LogP contribution in [0.3, 0.4) is 0 Å². The van der Waals surface area contributed by atoms with Crippen LogP contribution < -0.4 is 10.6 Å². The molecule has 1 unspecified atom stereocenters. The van der Waals surface area contributed by atoms with Crippen LogP contribution in [0.4, 0.5) is 4.79 Å². The number of imide groups is 1. The van der Waals surface area contributed by atoms with E-state index in [0.717, 1.165) is 28.2 Å². The van der Waals surface area contributed by atoms with Gasteiger partial charge in [0, 0.05) is 24.5 Å². The van der Waals surface area contributed by atoms with Crippen LogP contribution in [-0.4, -0.2) is 38.1 Å². The van der Waals surface area contributed by atoms with E-state index in [9.17, 15) is 9.59 Å². The Balaban J connectivity index is 1.37. The van der Waals surface area contributed by atoms with Crippen molar-refractivity contribution >= 4 is 39.1 Å². The predicted molar refractivity (Wildman–Crippen MR) is 112 cm³/mol. The Hall–Kier alpha value is -3.33. The average Bonchev–Trinajstić information content (AvgIpc) is 3.20. The maximum Gasteiger partial charge on any atom is 0.321 e. The van der Waals surface area contributed by atoms with Gasteiger partial charge in [0.05, 0.1) is 26.8 Å². The smallest absolute Gasteiger partial charge is 0.321 e. The number of aryl methyl sites for hydroxylation is 1. The number of rotatable bonds is 3. The van der Waals surface area contributed by atoms with Gasteiger partial charge in [-0.15, -0.1) is 11.3 Å².